The normalized spacial score (nSPS) is 29.4. The van der Waals surface area contributed by atoms with Crippen molar-refractivity contribution in [2.75, 3.05) is 19.6 Å². The van der Waals surface area contributed by atoms with Crippen LogP contribution in [0, 0.1) is 23.7 Å². The molecule has 3 rings (SSSR count). The predicted octanol–water partition coefficient (Wildman–Crippen LogP) is 1.54. The molecule has 17 heavy (non-hydrogen) atoms. The molecule has 1 saturated heterocycles. The number of rotatable bonds is 5. The van der Waals surface area contributed by atoms with Crippen LogP contribution in [0.3, 0.4) is 0 Å². The second-order valence-electron chi connectivity index (χ2n) is 6.13. The van der Waals surface area contributed by atoms with E-state index in [1.54, 1.807) is 0 Å². The van der Waals surface area contributed by atoms with Crippen LogP contribution in [-0.2, 0) is 4.79 Å². The molecule has 3 fully saturated rings. The van der Waals surface area contributed by atoms with Crippen LogP contribution >= 0.6 is 0 Å². The average Bonchev–Trinajstić information content (AvgIpc) is 3.24. The molecule has 0 aromatic heterocycles. The van der Waals surface area contributed by atoms with E-state index in [1.807, 2.05) is 0 Å². The molecule has 96 valence electrons. The zero-order valence-electron chi connectivity index (χ0n) is 10.6. The highest BCUT2D eigenvalue weighted by molar-refractivity contribution is 5.78. The minimum atomic E-state index is 0.225. The molecule has 2 N–H and O–H groups in total. The molecule has 3 nitrogen and oxygen atoms in total. The first-order valence-corrected chi connectivity index (χ1v) is 7.33. The molecular formula is C14H24N2O. The van der Waals surface area contributed by atoms with Crippen LogP contribution in [0.1, 0.15) is 38.5 Å². The molecular weight excluding hydrogens is 212 g/mol. The van der Waals surface area contributed by atoms with Crippen LogP contribution in [0.5, 0.6) is 0 Å². The Balaban J connectivity index is 1.44. The van der Waals surface area contributed by atoms with Gasteiger partial charge in [0.15, 0.2) is 0 Å². The minimum absolute atomic E-state index is 0.225. The molecule has 3 aliphatic rings. The Morgan fingerprint density at radius 3 is 2.41 bits per heavy atom. The zero-order chi connectivity index (χ0) is 11.7. The molecule has 0 aromatic rings. The van der Waals surface area contributed by atoms with Crippen molar-refractivity contribution in [3.8, 4) is 0 Å². The lowest BCUT2D eigenvalue weighted by Crippen LogP contribution is -2.42. The van der Waals surface area contributed by atoms with Gasteiger partial charge in [0, 0.05) is 13.1 Å². The maximum Gasteiger partial charge on any atom is 0.224 e. The lowest BCUT2D eigenvalue weighted by Gasteiger charge is -2.23. The highest BCUT2D eigenvalue weighted by Crippen LogP contribution is 2.48. The number of nitrogens with one attached hydrogen (secondary N) is 2. The van der Waals surface area contributed by atoms with Gasteiger partial charge in [0.25, 0.3) is 0 Å². The molecule has 1 heterocycles. The molecule has 1 unspecified atom stereocenters. The van der Waals surface area contributed by atoms with Crippen molar-refractivity contribution < 1.29 is 4.79 Å². The van der Waals surface area contributed by atoms with E-state index < -0.39 is 0 Å². The fraction of sp³-hybridized carbons (Fsp3) is 0.929. The number of amides is 1. The Kier molecular flexibility index (Phi) is 3.37. The molecule has 3 heteroatoms. The Hall–Kier alpha value is -0.570. The summed E-state index contributed by atoms with van der Waals surface area (Å²) in [4.78, 5) is 12.0. The third-order valence-electron chi connectivity index (χ3n) is 4.63. The lowest BCUT2D eigenvalue weighted by molar-refractivity contribution is -0.125. The van der Waals surface area contributed by atoms with Crippen LogP contribution in [0.4, 0.5) is 0 Å². The van der Waals surface area contributed by atoms with Gasteiger partial charge in [-0.25, -0.2) is 0 Å². The van der Waals surface area contributed by atoms with E-state index in [0.29, 0.717) is 5.91 Å². The van der Waals surface area contributed by atoms with Crippen LogP contribution in [0.15, 0.2) is 0 Å². The molecule has 1 aliphatic heterocycles. The first-order chi connectivity index (χ1) is 8.34. The summed E-state index contributed by atoms with van der Waals surface area (Å²) in [5.41, 5.74) is 0. The van der Waals surface area contributed by atoms with Crippen LogP contribution in [0.2, 0.25) is 0 Å². The molecule has 1 atom stereocenters. The van der Waals surface area contributed by atoms with Gasteiger partial charge in [-0.15, -0.1) is 0 Å². The van der Waals surface area contributed by atoms with E-state index in [1.165, 1.54) is 25.7 Å². The van der Waals surface area contributed by atoms with E-state index in [-0.39, 0.29) is 5.92 Å². The fourth-order valence-corrected chi connectivity index (χ4v) is 3.21. The summed E-state index contributed by atoms with van der Waals surface area (Å²) in [6.45, 7) is 2.91. The largest absolute Gasteiger partial charge is 0.356 e. The summed E-state index contributed by atoms with van der Waals surface area (Å²) in [7, 11) is 0. The summed E-state index contributed by atoms with van der Waals surface area (Å²) in [6, 6.07) is 0. The van der Waals surface area contributed by atoms with Gasteiger partial charge in [-0.05, 0) is 62.8 Å². The van der Waals surface area contributed by atoms with Gasteiger partial charge in [0.05, 0.1) is 5.92 Å². The van der Waals surface area contributed by atoms with Gasteiger partial charge in [-0.1, -0.05) is 0 Å². The summed E-state index contributed by atoms with van der Waals surface area (Å²) < 4.78 is 0. The maximum atomic E-state index is 12.0. The molecule has 2 aliphatic carbocycles. The Morgan fingerprint density at radius 2 is 1.88 bits per heavy atom. The highest BCUT2D eigenvalue weighted by Gasteiger charge is 2.41. The van der Waals surface area contributed by atoms with Gasteiger partial charge >= 0.3 is 0 Å². The van der Waals surface area contributed by atoms with Gasteiger partial charge < -0.3 is 10.6 Å². The summed E-state index contributed by atoms with van der Waals surface area (Å²) in [5, 5.41) is 6.53. The predicted molar refractivity (Wildman–Crippen MR) is 67.5 cm³/mol. The first kappa shape index (κ1) is 11.5. The quantitative estimate of drug-likeness (QED) is 0.760. The SMILES string of the molecule is O=C(NCC(C1CC1)C1CC1)C1CCCNC1. The van der Waals surface area contributed by atoms with E-state index >= 15 is 0 Å². The Labute approximate surface area is 104 Å². The van der Waals surface area contributed by atoms with Crippen molar-refractivity contribution in [1.82, 2.24) is 10.6 Å². The monoisotopic (exact) mass is 236 g/mol. The number of carbonyl (C=O) groups is 1. The smallest absolute Gasteiger partial charge is 0.224 e. The molecule has 1 amide bonds. The van der Waals surface area contributed by atoms with Crippen molar-refractivity contribution in [2.24, 2.45) is 23.7 Å². The second kappa shape index (κ2) is 4.97. The van der Waals surface area contributed by atoms with Gasteiger partial charge in [-0.2, -0.15) is 0 Å². The standard InChI is InChI=1S/C14H24N2O/c17-14(12-2-1-7-15-8-12)16-9-13(10-3-4-10)11-5-6-11/h10-13,15H,1-9H2,(H,16,17). The van der Waals surface area contributed by atoms with E-state index in [0.717, 1.165) is 50.2 Å². The third-order valence-corrected chi connectivity index (χ3v) is 4.63. The Morgan fingerprint density at radius 1 is 1.18 bits per heavy atom. The van der Waals surface area contributed by atoms with E-state index in [2.05, 4.69) is 10.6 Å². The van der Waals surface area contributed by atoms with Crippen molar-refractivity contribution >= 4 is 5.91 Å². The van der Waals surface area contributed by atoms with Gasteiger partial charge in [0.1, 0.15) is 0 Å². The molecule has 0 aromatic carbocycles. The van der Waals surface area contributed by atoms with Crippen LogP contribution in [-0.4, -0.2) is 25.5 Å². The molecule has 0 spiro atoms. The number of hydrogen-bond acceptors (Lipinski definition) is 2. The fourth-order valence-electron chi connectivity index (χ4n) is 3.21. The van der Waals surface area contributed by atoms with E-state index in [9.17, 15) is 4.79 Å². The molecule has 0 bridgehead atoms. The zero-order valence-corrected chi connectivity index (χ0v) is 10.6. The number of piperidine rings is 1. The van der Waals surface area contributed by atoms with Crippen molar-refractivity contribution in [3.05, 3.63) is 0 Å². The molecule has 2 saturated carbocycles. The molecule has 0 radical (unpaired) electrons. The Bertz CT molecular complexity index is 266. The van der Waals surface area contributed by atoms with Gasteiger partial charge in [-0.3, -0.25) is 4.79 Å². The third kappa shape index (κ3) is 3.01. The highest BCUT2D eigenvalue weighted by atomic mass is 16.1. The summed E-state index contributed by atoms with van der Waals surface area (Å²) >= 11 is 0. The van der Waals surface area contributed by atoms with Crippen molar-refractivity contribution in [3.63, 3.8) is 0 Å². The maximum absolute atomic E-state index is 12.0. The van der Waals surface area contributed by atoms with Crippen LogP contribution < -0.4 is 10.6 Å². The summed E-state index contributed by atoms with van der Waals surface area (Å²) in [6.07, 6.45) is 7.83. The lowest BCUT2D eigenvalue weighted by atomic mass is 9.96. The second-order valence-corrected chi connectivity index (χ2v) is 6.13. The van der Waals surface area contributed by atoms with Crippen LogP contribution in [0.25, 0.3) is 0 Å². The average molecular weight is 236 g/mol. The van der Waals surface area contributed by atoms with Gasteiger partial charge in [0.2, 0.25) is 5.91 Å². The summed E-state index contributed by atoms with van der Waals surface area (Å²) in [5.74, 6) is 3.20. The van der Waals surface area contributed by atoms with E-state index in [4.69, 9.17) is 0 Å². The minimum Gasteiger partial charge on any atom is -0.356 e. The number of hydrogen-bond donors (Lipinski definition) is 2. The van der Waals surface area contributed by atoms with Crippen molar-refractivity contribution in [1.29, 1.82) is 0 Å². The topological polar surface area (TPSA) is 41.1 Å². The first-order valence-electron chi connectivity index (χ1n) is 7.33. The van der Waals surface area contributed by atoms with Crippen molar-refractivity contribution in [2.45, 2.75) is 38.5 Å². The number of carbonyl (C=O) groups excluding carboxylic acids is 1.